The number of benzene rings is 1. The fraction of sp³-hybridized carbons (Fsp3) is 0.500. The number of aryl methyl sites for hydroxylation is 1. The van der Waals surface area contributed by atoms with Crippen LogP contribution in [0, 0.1) is 6.92 Å². The smallest absolute Gasteiger partial charge is 0.252 e. The molecule has 0 radical (unpaired) electrons. The molecule has 18 heavy (non-hydrogen) atoms. The van der Waals surface area contributed by atoms with E-state index in [1.54, 1.807) is 0 Å². The van der Waals surface area contributed by atoms with Crippen molar-refractivity contribution in [3.05, 3.63) is 33.8 Å². The summed E-state index contributed by atoms with van der Waals surface area (Å²) in [6.07, 6.45) is 1.69. The molecule has 100 valence electrons. The lowest BCUT2D eigenvalue weighted by molar-refractivity contribution is 0.0941. The molecular weight excluding hydrogens is 292 g/mol. The summed E-state index contributed by atoms with van der Waals surface area (Å²) in [5, 5.41) is 2.91. The van der Waals surface area contributed by atoms with Gasteiger partial charge in [0.25, 0.3) is 5.91 Å². The van der Waals surface area contributed by atoms with Gasteiger partial charge >= 0.3 is 0 Å². The zero-order valence-corrected chi connectivity index (χ0v) is 12.8. The number of rotatable bonds is 5. The van der Waals surface area contributed by atoms with Gasteiger partial charge in [-0.2, -0.15) is 0 Å². The van der Waals surface area contributed by atoms with Crippen molar-refractivity contribution in [3.63, 3.8) is 0 Å². The van der Waals surface area contributed by atoms with Crippen molar-refractivity contribution in [2.24, 2.45) is 5.73 Å². The summed E-state index contributed by atoms with van der Waals surface area (Å²) in [5.74, 6) is -0.0846. The summed E-state index contributed by atoms with van der Waals surface area (Å²) in [7, 11) is 0. The number of nitrogens with one attached hydrogen (secondary N) is 1. The van der Waals surface area contributed by atoms with Crippen LogP contribution in [0.15, 0.2) is 22.7 Å². The van der Waals surface area contributed by atoms with Gasteiger partial charge in [-0.3, -0.25) is 4.79 Å². The van der Waals surface area contributed by atoms with Crippen LogP contribution in [0.5, 0.6) is 0 Å². The summed E-state index contributed by atoms with van der Waals surface area (Å²) in [6, 6.07) is 5.68. The van der Waals surface area contributed by atoms with E-state index >= 15 is 0 Å². The number of carbonyl (C=O) groups is 1. The zero-order chi connectivity index (χ0) is 13.8. The predicted octanol–water partition coefficient (Wildman–Crippen LogP) is 3.00. The van der Waals surface area contributed by atoms with Gasteiger partial charge in [0.05, 0.1) is 5.56 Å². The average Bonchev–Trinajstić information content (AvgIpc) is 2.35. The second kappa shape index (κ2) is 6.34. The van der Waals surface area contributed by atoms with Gasteiger partial charge in [0.2, 0.25) is 0 Å². The van der Waals surface area contributed by atoms with E-state index in [9.17, 15) is 4.79 Å². The number of carbonyl (C=O) groups excluding carboxylic acids is 1. The van der Waals surface area contributed by atoms with Crippen LogP contribution in [0.3, 0.4) is 0 Å². The first-order chi connectivity index (χ1) is 8.41. The van der Waals surface area contributed by atoms with Crippen molar-refractivity contribution in [1.82, 2.24) is 5.32 Å². The van der Waals surface area contributed by atoms with Gasteiger partial charge in [0, 0.05) is 16.6 Å². The normalized spacial score (nSPS) is 11.4. The van der Waals surface area contributed by atoms with E-state index in [2.05, 4.69) is 21.2 Å². The Bertz CT molecular complexity index is 428. The van der Waals surface area contributed by atoms with E-state index < -0.39 is 0 Å². The number of hydrogen-bond donors (Lipinski definition) is 2. The molecule has 1 amide bonds. The first-order valence-electron chi connectivity index (χ1n) is 6.25. The zero-order valence-electron chi connectivity index (χ0n) is 11.2. The van der Waals surface area contributed by atoms with Crippen LogP contribution in [0.1, 0.15) is 42.6 Å². The standard InChI is InChI=1S/C14H21BrN2O/c1-4-14(16,5-2)9-17-13(18)11-7-6-10(3)8-12(11)15/h6-8H,4-5,9,16H2,1-3H3,(H,17,18). The summed E-state index contributed by atoms with van der Waals surface area (Å²) in [4.78, 5) is 12.1. The van der Waals surface area contributed by atoms with Gasteiger partial charge < -0.3 is 11.1 Å². The fourth-order valence-corrected chi connectivity index (χ4v) is 2.33. The molecule has 0 atom stereocenters. The van der Waals surface area contributed by atoms with Gasteiger partial charge in [-0.1, -0.05) is 19.9 Å². The highest BCUT2D eigenvalue weighted by molar-refractivity contribution is 9.10. The van der Waals surface area contributed by atoms with Gasteiger partial charge in [-0.15, -0.1) is 0 Å². The minimum absolute atomic E-state index is 0.0846. The summed E-state index contributed by atoms with van der Waals surface area (Å²) in [6.45, 7) is 6.57. The molecule has 1 rings (SSSR count). The maximum absolute atomic E-state index is 12.1. The SMILES string of the molecule is CCC(N)(CC)CNC(=O)c1ccc(C)cc1Br. The molecule has 3 N–H and O–H groups in total. The molecule has 0 aliphatic heterocycles. The lowest BCUT2D eigenvalue weighted by Crippen LogP contribution is -2.49. The summed E-state index contributed by atoms with van der Waals surface area (Å²) in [5.41, 5.74) is 7.61. The first-order valence-corrected chi connectivity index (χ1v) is 7.04. The van der Waals surface area contributed by atoms with Crippen LogP contribution in [-0.4, -0.2) is 18.0 Å². The van der Waals surface area contributed by atoms with Crippen molar-refractivity contribution in [2.45, 2.75) is 39.2 Å². The lowest BCUT2D eigenvalue weighted by Gasteiger charge is -2.26. The Morgan fingerprint density at radius 3 is 2.50 bits per heavy atom. The van der Waals surface area contributed by atoms with E-state index in [1.807, 2.05) is 39.0 Å². The monoisotopic (exact) mass is 312 g/mol. The molecule has 0 heterocycles. The third-order valence-corrected chi connectivity index (χ3v) is 4.03. The number of hydrogen-bond acceptors (Lipinski definition) is 2. The Labute approximate surface area is 117 Å². The molecule has 1 aromatic carbocycles. The quantitative estimate of drug-likeness (QED) is 0.878. The molecule has 3 nitrogen and oxygen atoms in total. The van der Waals surface area contributed by atoms with E-state index in [0.717, 1.165) is 22.9 Å². The van der Waals surface area contributed by atoms with E-state index in [4.69, 9.17) is 5.73 Å². The predicted molar refractivity (Wildman–Crippen MR) is 78.7 cm³/mol. The fourth-order valence-electron chi connectivity index (χ4n) is 1.66. The summed E-state index contributed by atoms with van der Waals surface area (Å²) < 4.78 is 0.815. The summed E-state index contributed by atoms with van der Waals surface area (Å²) >= 11 is 3.41. The highest BCUT2D eigenvalue weighted by Crippen LogP contribution is 2.18. The van der Waals surface area contributed by atoms with Crippen molar-refractivity contribution in [1.29, 1.82) is 0 Å². The Balaban J connectivity index is 2.71. The van der Waals surface area contributed by atoms with E-state index in [1.165, 1.54) is 0 Å². The first kappa shape index (κ1) is 15.2. The van der Waals surface area contributed by atoms with Crippen molar-refractivity contribution >= 4 is 21.8 Å². The molecule has 1 aromatic rings. The Hall–Kier alpha value is -0.870. The van der Waals surface area contributed by atoms with Crippen LogP contribution in [0.2, 0.25) is 0 Å². The number of halogens is 1. The van der Waals surface area contributed by atoms with Crippen LogP contribution in [0.4, 0.5) is 0 Å². The minimum atomic E-state index is -0.313. The molecule has 0 unspecified atom stereocenters. The molecule has 0 aliphatic carbocycles. The third kappa shape index (κ3) is 3.82. The van der Waals surface area contributed by atoms with Crippen LogP contribution < -0.4 is 11.1 Å². The number of nitrogens with two attached hydrogens (primary N) is 1. The van der Waals surface area contributed by atoms with Crippen LogP contribution in [0.25, 0.3) is 0 Å². The van der Waals surface area contributed by atoms with Crippen LogP contribution >= 0.6 is 15.9 Å². The maximum Gasteiger partial charge on any atom is 0.252 e. The molecule has 0 saturated heterocycles. The van der Waals surface area contributed by atoms with Crippen molar-refractivity contribution < 1.29 is 4.79 Å². The second-order valence-electron chi connectivity index (χ2n) is 4.74. The van der Waals surface area contributed by atoms with Crippen molar-refractivity contribution in [3.8, 4) is 0 Å². The molecule has 4 heteroatoms. The molecule has 0 spiro atoms. The maximum atomic E-state index is 12.1. The molecule has 0 fully saturated rings. The van der Waals surface area contributed by atoms with E-state index in [-0.39, 0.29) is 11.4 Å². The third-order valence-electron chi connectivity index (χ3n) is 3.38. The van der Waals surface area contributed by atoms with E-state index in [0.29, 0.717) is 12.1 Å². The molecule has 0 aromatic heterocycles. The second-order valence-corrected chi connectivity index (χ2v) is 5.59. The van der Waals surface area contributed by atoms with Gasteiger partial charge in [0.1, 0.15) is 0 Å². The molecule has 0 saturated carbocycles. The van der Waals surface area contributed by atoms with Gasteiger partial charge in [-0.05, 0) is 53.4 Å². The molecular formula is C14H21BrN2O. The molecule has 0 bridgehead atoms. The van der Waals surface area contributed by atoms with Gasteiger partial charge in [-0.25, -0.2) is 0 Å². The Kier molecular flexibility index (Phi) is 5.35. The number of amides is 1. The minimum Gasteiger partial charge on any atom is -0.350 e. The Morgan fingerprint density at radius 1 is 1.39 bits per heavy atom. The average molecular weight is 313 g/mol. The lowest BCUT2D eigenvalue weighted by atomic mass is 9.94. The highest BCUT2D eigenvalue weighted by Gasteiger charge is 2.21. The largest absolute Gasteiger partial charge is 0.350 e. The molecule has 0 aliphatic rings. The topological polar surface area (TPSA) is 55.1 Å². The highest BCUT2D eigenvalue weighted by atomic mass is 79.9. The van der Waals surface area contributed by atoms with Crippen LogP contribution in [-0.2, 0) is 0 Å². The van der Waals surface area contributed by atoms with Gasteiger partial charge in [0.15, 0.2) is 0 Å². The van der Waals surface area contributed by atoms with Crippen molar-refractivity contribution in [2.75, 3.05) is 6.54 Å². The Morgan fingerprint density at radius 2 is 2.00 bits per heavy atom.